The summed E-state index contributed by atoms with van der Waals surface area (Å²) in [4.78, 5) is 35.8. The van der Waals surface area contributed by atoms with Crippen molar-refractivity contribution < 1.29 is 33.7 Å². The minimum absolute atomic E-state index is 0.104. The van der Waals surface area contributed by atoms with E-state index in [1.807, 2.05) is 6.92 Å². The molecule has 2 N–H and O–H groups in total. The average Bonchev–Trinajstić information content (AvgIpc) is 2.92. The van der Waals surface area contributed by atoms with Crippen molar-refractivity contribution in [1.29, 1.82) is 0 Å². The monoisotopic (exact) mass is 420 g/mol. The molecule has 0 spiro atoms. The third-order valence-electron chi connectivity index (χ3n) is 8.50. The van der Waals surface area contributed by atoms with Gasteiger partial charge in [-0.25, -0.2) is 4.39 Å². The molecular formula is C23H29FO6. The number of Topliss-reactive ketones (excluding diaryl/α,β-unsaturated/α-hetero) is 1. The van der Waals surface area contributed by atoms with Gasteiger partial charge in [0.15, 0.2) is 12.4 Å². The number of ketones is 2. The van der Waals surface area contributed by atoms with Crippen molar-refractivity contribution in [3.8, 4) is 0 Å². The van der Waals surface area contributed by atoms with Crippen molar-refractivity contribution in [2.24, 2.45) is 28.6 Å². The van der Waals surface area contributed by atoms with Crippen molar-refractivity contribution in [3.63, 3.8) is 0 Å². The molecule has 8 atom stereocenters. The Bertz CT molecular complexity index is 864. The highest BCUT2D eigenvalue weighted by atomic mass is 19.1. The summed E-state index contributed by atoms with van der Waals surface area (Å²) in [6.07, 6.45) is 3.35. The largest absolute Gasteiger partial charge is 0.458 e. The lowest BCUT2D eigenvalue weighted by atomic mass is 9.45. The van der Waals surface area contributed by atoms with E-state index in [2.05, 4.69) is 0 Å². The molecule has 0 aromatic rings. The number of hydrogen-bond acceptors (Lipinski definition) is 6. The normalized spacial score (nSPS) is 47.1. The van der Waals surface area contributed by atoms with Gasteiger partial charge >= 0.3 is 5.97 Å². The van der Waals surface area contributed by atoms with Gasteiger partial charge in [0.2, 0.25) is 5.78 Å². The van der Waals surface area contributed by atoms with Crippen LogP contribution in [-0.2, 0) is 19.1 Å². The van der Waals surface area contributed by atoms with Crippen LogP contribution in [0.4, 0.5) is 4.39 Å². The molecule has 0 unspecified atom stereocenters. The first-order valence-corrected chi connectivity index (χ1v) is 10.6. The average molecular weight is 420 g/mol. The summed E-state index contributed by atoms with van der Waals surface area (Å²) in [6.45, 7) is 4.34. The fourth-order valence-electron chi connectivity index (χ4n) is 6.99. The Labute approximate surface area is 175 Å². The highest BCUT2D eigenvalue weighted by Gasteiger charge is 2.69. The quantitative estimate of drug-likeness (QED) is 0.678. The van der Waals surface area contributed by atoms with Gasteiger partial charge < -0.3 is 14.9 Å². The number of allylic oxidation sites excluding steroid dienone is 4. The van der Waals surface area contributed by atoms with Gasteiger partial charge in [-0.15, -0.1) is 0 Å². The number of carbonyl (C=O) groups is 3. The van der Waals surface area contributed by atoms with Gasteiger partial charge in [-0.2, -0.15) is 0 Å². The summed E-state index contributed by atoms with van der Waals surface area (Å²) in [5.41, 5.74) is -2.75. The van der Waals surface area contributed by atoms with E-state index in [1.165, 1.54) is 19.1 Å². The Morgan fingerprint density at radius 2 is 2.03 bits per heavy atom. The highest BCUT2D eigenvalue weighted by molar-refractivity contribution is 6.01. The van der Waals surface area contributed by atoms with Crippen molar-refractivity contribution in [2.75, 3.05) is 6.61 Å². The zero-order chi connectivity index (χ0) is 22.1. The molecule has 0 bridgehead atoms. The van der Waals surface area contributed by atoms with E-state index in [4.69, 9.17) is 4.74 Å². The fourth-order valence-corrected chi connectivity index (χ4v) is 6.99. The van der Waals surface area contributed by atoms with Crippen molar-refractivity contribution in [1.82, 2.24) is 0 Å². The molecule has 4 rings (SSSR count). The molecule has 3 fully saturated rings. The van der Waals surface area contributed by atoms with E-state index in [9.17, 15) is 24.6 Å². The summed E-state index contributed by atoms with van der Waals surface area (Å²) < 4.78 is 20.4. The van der Waals surface area contributed by atoms with Gasteiger partial charge in [0.1, 0.15) is 11.8 Å². The van der Waals surface area contributed by atoms with E-state index in [0.717, 1.165) is 0 Å². The number of ether oxygens (including phenoxy) is 1. The fraction of sp³-hybridized carbons (Fsp3) is 0.696. The van der Waals surface area contributed by atoms with Gasteiger partial charge in [-0.1, -0.05) is 25.5 Å². The molecule has 164 valence electrons. The first kappa shape index (κ1) is 21.4. The number of fused-ring (bicyclic) bond motifs is 5. The van der Waals surface area contributed by atoms with Crippen LogP contribution in [0.5, 0.6) is 0 Å². The molecule has 0 heterocycles. The number of rotatable bonds is 3. The van der Waals surface area contributed by atoms with Crippen LogP contribution in [0.3, 0.4) is 0 Å². The third-order valence-corrected chi connectivity index (χ3v) is 8.50. The Kier molecular flexibility index (Phi) is 4.86. The summed E-state index contributed by atoms with van der Waals surface area (Å²) in [5.74, 6) is -2.69. The molecular weight excluding hydrogens is 391 g/mol. The summed E-state index contributed by atoms with van der Waals surface area (Å²) in [5, 5.41) is 22.6. The second kappa shape index (κ2) is 6.82. The van der Waals surface area contributed by atoms with Crippen LogP contribution in [-0.4, -0.2) is 52.2 Å². The molecule has 6 nitrogen and oxygen atoms in total. The molecule has 4 aliphatic carbocycles. The van der Waals surface area contributed by atoms with E-state index in [-0.39, 0.29) is 31.0 Å². The predicted octanol–water partition coefficient (Wildman–Crippen LogP) is 2.08. The number of hydrogen-bond donors (Lipinski definition) is 2. The van der Waals surface area contributed by atoms with Gasteiger partial charge in [-0.05, 0) is 37.3 Å². The van der Waals surface area contributed by atoms with Crippen LogP contribution in [0, 0.1) is 28.6 Å². The van der Waals surface area contributed by atoms with Crippen molar-refractivity contribution >= 4 is 17.5 Å². The third kappa shape index (κ3) is 2.78. The van der Waals surface area contributed by atoms with Gasteiger partial charge in [-0.3, -0.25) is 14.4 Å². The first-order valence-electron chi connectivity index (χ1n) is 10.6. The standard InChI is InChI=1S/C23H29FO6/c1-12(25)30-11-18(28)23(29)7-5-15-19-16(24)9-13-8-14(26)4-6-21(13,2)20(19)17(27)10-22(15,23)3/h4,6,8,15-17,19-20,27,29H,5,7,9-11H2,1-3H3/t15-,16+,17-,19+,20-,21-,22-,23-/m0/s1. The Hall–Kier alpha value is -1.86. The highest BCUT2D eigenvalue weighted by Crippen LogP contribution is 2.67. The van der Waals surface area contributed by atoms with Crippen LogP contribution in [0.1, 0.15) is 46.5 Å². The van der Waals surface area contributed by atoms with Gasteiger partial charge in [0.25, 0.3) is 0 Å². The van der Waals surface area contributed by atoms with Crippen molar-refractivity contribution in [3.05, 3.63) is 23.8 Å². The lowest BCUT2D eigenvalue weighted by molar-refractivity contribution is -0.187. The van der Waals surface area contributed by atoms with Crippen LogP contribution >= 0.6 is 0 Å². The molecule has 0 amide bonds. The molecule has 30 heavy (non-hydrogen) atoms. The maximum Gasteiger partial charge on any atom is 0.303 e. The topological polar surface area (TPSA) is 101 Å². The van der Waals surface area contributed by atoms with Gasteiger partial charge in [0, 0.05) is 36.0 Å². The minimum Gasteiger partial charge on any atom is -0.458 e. The number of alkyl halides is 1. The maximum atomic E-state index is 15.6. The first-order chi connectivity index (χ1) is 13.9. The van der Waals surface area contributed by atoms with Crippen LogP contribution in [0.25, 0.3) is 0 Å². The van der Waals surface area contributed by atoms with Crippen molar-refractivity contribution in [2.45, 2.75) is 64.3 Å². The van der Waals surface area contributed by atoms with Gasteiger partial charge in [0.05, 0.1) is 6.10 Å². The zero-order valence-electron chi connectivity index (χ0n) is 17.6. The van der Waals surface area contributed by atoms with E-state index in [1.54, 1.807) is 13.0 Å². The van der Waals surface area contributed by atoms with Crippen LogP contribution < -0.4 is 0 Å². The number of halogens is 1. The maximum absolute atomic E-state index is 15.6. The van der Waals surface area contributed by atoms with E-state index in [0.29, 0.717) is 12.0 Å². The van der Waals surface area contributed by atoms with E-state index >= 15 is 4.39 Å². The number of aliphatic hydroxyl groups excluding tert-OH is 1. The van der Waals surface area contributed by atoms with Crippen LogP contribution in [0.2, 0.25) is 0 Å². The Balaban J connectivity index is 1.71. The van der Waals surface area contributed by atoms with E-state index < -0.39 is 58.9 Å². The molecule has 0 aromatic heterocycles. The predicted molar refractivity (Wildman–Crippen MR) is 105 cm³/mol. The second-order valence-electron chi connectivity index (χ2n) is 9.91. The zero-order valence-corrected chi connectivity index (χ0v) is 17.6. The lowest BCUT2D eigenvalue weighted by Crippen LogP contribution is -2.63. The molecule has 0 aromatic carbocycles. The molecule has 0 saturated heterocycles. The lowest BCUT2D eigenvalue weighted by Gasteiger charge is -2.60. The molecule has 7 heteroatoms. The minimum atomic E-state index is -1.78. The Morgan fingerprint density at radius 1 is 1.33 bits per heavy atom. The van der Waals surface area contributed by atoms with Crippen LogP contribution in [0.15, 0.2) is 23.8 Å². The smallest absolute Gasteiger partial charge is 0.303 e. The number of carbonyl (C=O) groups excluding carboxylic acids is 3. The summed E-state index contributed by atoms with van der Waals surface area (Å²) in [6, 6.07) is 0. The molecule has 0 aliphatic heterocycles. The summed E-state index contributed by atoms with van der Waals surface area (Å²) in [7, 11) is 0. The molecule has 3 saturated carbocycles. The second-order valence-corrected chi connectivity index (χ2v) is 9.91. The Morgan fingerprint density at radius 3 is 2.70 bits per heavy atom. The number of esters is 1. The molecule has 0 radical (unpaired) electrons. The summed E-state index contributed by atoms with van der Waals surface area (Å²) >= 11 is 0. The molecule has 4 aliphatic rings. The SMILES string of the molecule is CC(=O)OCC(=O)[C@@]1(O)CC[C@H]2[C@H]3[C@H]([C@@H](O)C[C@@]21C)[C@@]1(C)C=CC(=O)C=C1C[C@H]3F. The number of aliphatic hydroxyl groups is 2.